The normalized spacial score (nSPS) is 10.4. The van der Waals surface area contributed by atoms with Gasteiger partial charge >= 0.3 is 7.05 Å². The van der Waals surface area contributed by atoms with Crippen molar-refractivity contribution < 1.29 is 9.44 Å². The Morgan fingerprint density at radius 3 is 2.93 bits per heavy atom. The van der Waals surface area contributed by atoms with Crippen LogP contribution in [0, 0.1) is 4.91 Å². The first-order valence-corrected chi connectivity index (χ1v) is 4.69. The van der Waals surface area contributed by atoms with E-state index in [9.17, 15) is 4.91 Å². The molecule has 0 spiro atoms. The molecule has 0 aliphatic heterocycles. The molecule has 1 N–H and O–H groups in total. The maximum Gasteiger partial charge on any atom is 0.553 e. The minimum absolute atomic E-state index is 0.160. The van der Waals surface area contributed by atoms with Crippen LogP contribution in [0.5, 0.6) is 0 Å². The number of rotatable bonds is 2. The maximum absolute atomic E-state index is 10.1. The Hall–Kier alpha value is -1.14. The third-order valence-corrected chi connectivity index (χ3v) is 2.34. The Kier molecular flexibility index (Phi) is 2.39. The molecule has 1 heterocycles. The minimum Gasteiger partial charge on any atom is -0.465 e. The van der Waals surface area contributed by atoms with Crippen LogP contribution in [0.2, 0.25) is 0 Å². The zero-order valence-electron chi connectivity index (χ0n) is 6.98. The van der Waals surface area contributed by atoms with E-state index in [0.717, 1.165) is 9.86 Å². The molecule has 0 amide bonds. The summed E-state index contributed by atoms with van der Waals surface area (Å²) in [6.45, 7) is 0. The third kappa shape index (κ3) is 1.58. The molecule has 14 heavy (non-hydrogen) atoms. The number of halogens is 1. The van der Waals surface area contributed by atoms with E-state index < -0.39 is 7.05 Å². The summed E-state index contributed by atoms with van der Waals surface area (Å²) in [5.74, 6) is 0. The van der Waals surface area contributed by atoms with E-state index >= 15 is 0 Å². The van der Waals surface area contributed by atoms with E-state index in [4.69, 9.17) is 9.44 Å². The molecular formula is C8H5BBrNO3. The second-order valence-electron chi connectivity index (χ2n) is 2.81. The van der Waals surface area contributed by atoms with Gasteiger partial charge in [-0.05, 0) is 24.3 Å². The second kappa shape index (κ2) is 3.55. The van der Waals surface area contributed by atoms with Crippen LogP contribution < -0.4 is 5.66 Å². The quantitative estimate of drug-likeness (QED) is 0.654. The first-order chi connectivity index (χ1) is 6.70. The van der Waals surface area contributed by atoms with Gasteiger partial charge in [0.1, 0.15) is 11.2 Å². The number of fused-ring (bicyclic) bond motifs is 1. The molecule has 1 aromatic carbocycles. The fraction of sp³-hybridized carbons (Fsp3) is 0. The molecule has 0 unspecified atom stereocenters. The van der Waals surface area contributed by atoms with Gasteiger partial charge in [-0.2, -0.15) is 4.91 Å². The fourth-order valence-electron chi connectivity index (χ4n) is 1.21. The van der Waals surface area contributed by atoms with Crippen molar-refractivity contribution >= 4 is 39.6 Å². The molecule has 2 aromatic rings. The van der Waals surface area contributed by atoms with Gasteiger partial charge in [-0.3, -0.25) is 0 Å². The van der Waals surface area contributed by atoms with Crippen LogP contribution >= 0.6 is 15.9 Å². The maximum atomic E-state index is 10.1. The van der Waals surface area contributed by atoms with Crippen LogP contribution in [0.4, 0.5) is 0 Å². The molecule has 0 aliphatic rings. The lowest BCUT2D eigenvalue weighted by atomic mass is 9.82. The van der Waals surface area contributed by atoms with E-state index in [1.807, 2.05) is 12.1 Å². The average Bonchev–Trinajstić information content (AvgIpc) is 2.59. The zero-order chi connectivity index (χ0) is 10.1. The molecule has 6 heteroatoms. The predicted octanol–water partition coefficient (Wildman–Crippen LogP) is 1.65. The molecule has 70 valence electrons. The van der Waals surface area contributed by atoms with Gasteiger partial charge < -0.3 is 9.44 Å². The van der Waals surface area contributed by atoms with E-state index in [-0.39, 0.29) is 5.66 Å². The van der Waals surface area contributed by atoms with Crippen LogP contribution in [-0.4, -0.2) is 12.1 Å². The van der Waals surface area contributed by atoms with Gasteiger partial charge in [-0.1, -0.05) is 21.0 Å². The topological polar surface area (TPSA) is 62.8 Å². The molecule has 0 radical (unpaired) electrons. The van der Waals surface area contributed by atoms with Crippen molar-refractivity contribution in [3.63, 3.8) is 0 Å². The van der Waals surface area contributed by atoms with Crippen LogP contribution in [0.3, 0.4) is 0 Å². The van der Waals surface area contributed by atoms with Gasteiger partial charge in [0.25, 0.3) is 0 Å². The third-order valence-electron chi connectivity index (χ3n) is 1.85. The summed E-state index contributed by atoms with van der Waals surface area (Å²) in [6, 6.07) is 6.99. The molecule has 4 nitrogen and oxygen atoms in total. The molecule has 0 bridgehead atoms. The molecule has 2 rings (SSSR count). The second-order valence-corrected chi connectivity index (χ2v) is 3.73. The largest absolute Gasteiger partial charge is 0.553 e. The number of hydrogen-bond donors (Lipinski definition) is 1. The highest BCUT2D eigenvalue weighted by atomic mass is 79.9. The lowest BCUT2D eigenvalue weighted by Crippen LogP contribution is -2.25. The van der Waals surface area contributed by atoms with Gasteiger partial charge in [-0.15, -0.1) is 0 Å². The minimum atomic E-state index is -1.43. The number of nitrogens with zero attached hydrogens (tertiary/aromatic N) is 1. The fourth-order valence-corrected chi connectivity index (χ4v) is 1.59. The first-order valence-electron chi connectivity index (χ1n) is 3.90. The van der Waals surface area contributed by atoms with Gasteiger partial charge in [0.05, 0.1) is 0 Å². The average molecular weight is 254 g/mol. The monoisotopic (exact) mass is 253 g/mol. The van der Waals surface area contributed by atoms with Crippen molar-refractivity contribution in [1.29, 1.82) is 0 Å². The number of nitroso groups, excluding NO2 is 1. The van der Waals surface area contributed by atoms with Crippen molar-refractivity contribution in [2.75, 3.05) is 0 Å². The van der Waals surface area contributed by atoms with Crippen molar-refractivity contribution in [3.05, 3.63) is 33.6 Å². The van der Waals surface area contributed by atoms with Crippen LogP contribution in [0.1, 0.15) is 0 Å². The van der Waals surface area contributed by atoms with Crippen molar-refractivity contribution in [3.8, 4) is 0 Å². The predicted molar refractivity (Wildman–Crippen MR) is 57.3 cm³/mol. The van der Waals surface area contributed by atoms with E-state index in [1.54, 1.807) is 12.1 Å². The molecule has 0 fully saturated rings. The molecule has 0 saturated carbocycles. The van der Waals surface area contributed by atoms with E-state index in [1.165, 1.54) is 0 Å². The van der Waals surface area contributed by atoms with Crippen LogP contribution in [0.15, 0.2) is 38.2 Å². The summed E-state index contributed by atoms with van der Waals surface area (Å²) >= 11 is 3.31. The summed E-state index contributed by atoms with van der Waals surface area (Å²) in [5, 5.41) is 12.4. The van der Waals surface area contributed by atoms with Crippen molar-refractivity contribution in [2.24, 2.45) is 5.09 Å². The van der Waals surface area contributed by atoms with Crippen molar-refractivity contribution in [2.45, 2.75) is 0 Å². The smallest absolute Gasteiger partial charge is 0.465 e. The molecule has 0 saturated heterocycles. The van der Waals surface area contributed by atoms with Crippen LogP contribution in [-0.2, 0) is 0 Å². The number of benzene rings is 1. The zero-order valence-corrected chi connectivity index (χ0v) is 8.56. The lowest BCUT2D eigenvalue weighted by Gasteiger charge is -1.88. The Balaban J connectivity index is 2.56. The van der Waals surface area contributed by atoms with Gasteiger partial charge in [-0.25, -0.2) is 0 Å². The molecule has 0 aliphatic carbocycles. The summed E-state index contributed by atoms with van der Waals surface area (Å²) in [6.07, 6.45) is 0. The SMILES string of the molecule is O=NB(O)c1cc2cc(Br)ccc2o1. The van der Waals surface area contributed by atoms with E-state index in [0.29, 0.717) is 5.58 Å². The van der Waals surface area contributed by atoms with E-state index in [2.05, 4.69) is 21.0 Å². The summed E-state index contributed by atoms with van der Waals surface area (Å²) in [7, 11) is -1.43. The van der Waals surface area contributed by atoms with Crippen molar-refractivity contribution in [1.82, 2.24) is 0 Å². The highest BCUT2D eigenvalue weighted by Crippen LogP contribution is 2.19. The lowest BCUT2D eigenvalue weighted by molar-refractivity contribution is 0.559. The molecular weight excluding hydrogens is 249 g/mol. The van der Waals surface area contributed by atoms with Crippen LogP contribution in [0.25, 0.3) is 11.0 Å². The number of furan rings is 1. The Morgan fingerprint density at radius 2 is 2.21 bits per heavy atom. The summed E-state index contributed by atoms with van der Waals surface area (Å²) in [5.41, 5.74) is 0.777. The first kappa shape index (κ1) is 9.42. The summed E-state index contributed by atoms with van der Waals surface area (Å²) < 4.78 is 6.12. The van der Waals surface area contributed by atoms with Gasteiger partial charge in [0.15, 0.2) is 0 Å². The molecule has 1 aromatic heterocycles. The highest BCUT2D eigenvalue weighted by Gasteiger charge is 2.21. The molecule has 0 atom stereocenters. The van der Waals surface area contributed by atoms with Gasteiger partial charge in [0, 0.05) is 9.86 Å². The standard InChI is InChI=1S/C8H5BBrNO3/c10-6-1-2-7-5(3-6)4-8(14-7)9(12)11-13/h1-4,12H. The number of hydrogen-bond acceptors (Lipinski definition) is 4. The Labute approximate surface area is 88.1 Å². The highest BCUT2D eigenvalue weighted by molar-refractivity contribution is 9.10. The summed E-state index contributed by atoms with van der Waals surface area (Å²) in [4.78, 5) is 10.1. The Bertz CT molecular complexity index is 484. The van der Waals surface area contributed by atoms with Gasteiger partial charge in [0.2, 0.25) is 0 Å². The Morgan fingerprint density at radius 1 is 1.43 bits per heavy atom.